The number of unbranched alkanes of at least 4 members (excludes halogenated alkanes) is 1. The van der Waals surface area contributed by atoms with Gasteiger partial charge in [0.2, 0.25) is 0 Å². The second kappa shape index (κ2) is 6.71. The summed E-state index contributed by atoms with van der Waals surface area (Å²) in [6.45, 7) is 3.19. The topological polar surface area (TPSA) is 82.0 Å². The minimum atomic E-state index is -0.470. The van der Waals surface area contributed by atoms with Crippen molar-refractivity contribution in [2.45, 2.75) is 26.3 Å². The Kier molecular flexibility index (Phi) is 4.72. The van der Waals surface area contributed by atoms with Crippen molar-refractivity contribution in [1.29, 1.82) is 5.26 Å². The van der Waals surface area contributed by atoms with Gasteiger partial charge in [-0.1, -0.05) is 25.5 Å². The summed E-state index contributed by atoms with van der Waals surface area (Å²) in [6, 6.07) is 9.14. The molecule has 0 heterocycles. The molecule has 2 N–H and O–H groups in total. The van der Waals surface area contributed by atoms with E-state index in [0.29, 0.717) is 30.0 Å². The smallest absolute Gasteiger partial charge is 0.253 e. The third-order valence-electron chi connectivity index (χ3n) is 3.29. The van der Waals surface area contributed by atoms with E-state index in [1.807, 2.05) is 12.1 Å². The molecule has 2 aromatic carbocycles. The highest BCUT2D eigenvalue weighted by Gasteiger charge is 2.19. The first-order valence-electron chi connectivity index (χ1n) is 6.97. The summed E-state index contributed by atoms with van der Waals surface area (Å²) in [6.07, 6.45) is 1.98. The lowest BCUT2D eigenvalue weighted by molar-refractivity contribution is 0.832. The van der Waals surface area contributed by atoms with E-state index in [-0.39, 0.29) is 0 Å². The molecule has 5 heteroatoms. The van der Waals surface area contributed by atoms with E-state index < -0.39 is 10.9 Å². The SMILES string of the molecule is CCCCNc1c(NCc2ccc(C#N)cc2)c(=O)c1=O. The van der Waals surface area contributed by atoms with Gasteiger partial charge in [-0.3, -0.25) is 9.59 Å². The van der Waals surface area contributed by atoms with Crippen LogP contribution >= 0.6 is 0 Å². The van der Waals surface area contributed by atoms with Gasteiger partial charge in [0.25, 0.3) is 10.9 Å². The monoisotopic (exact) mass is 283 g/mol. The molecule has 0 bridgehead atoms. The van der Waals surface area contributed by atoms with Crippen LogP contribution in [-0.4, -0.2) is 6.54 Å². The minimum Gasteiger partial charge on any atom is -0.380 e. The standard InChI is InChI=1S/C16H17N3O2/c1-2-3-8-18-13-14(16(21)15(13)20)19-10-12-6-4-11(9-17)5-7-12/h4-7,18-19H,2-3,8,10H2,1H3. The summed E-state index contributed by atoms with van der Waals surface area (Å²) in [5, 5.41) is 14.7. The number of rotatable bonds is 7. The maximum absolute atomic E-state index is 11.6. The van der Waals surface area contributed by atoms with Crippen molar-refractivity contribution in [3.63, 3.8) is 0 Å². The Labute approximate surface area is 122 Å². The number of nitrogens with zero attached hydrogens (tertiary/aromatic N) is 1. The first kappa shape index (κ1) is 14.8. The van der Waals surface area contributed by atoms with Crippen molar-refractivity contribution >= 4 is 11.4 Å². The van der Waals surface area contributed by atoms with Gasteiger partial charge in [-0.15, -0.1) is 0 Å². The van der Waals surface area contributed by atoms with Gasteiger partial charge in [0.05, 0.1) is 11.6 Å². The van der Waals surface area contributed by atoms with Gasteiger partial charge in [0.1, 0.15) is 11.4 Å². The Morgan fingerprint density at radius 2 is 1.67 bits per heavy atom. The molecule has 0 atom stereocenters. The summed E-state index contributed by atoms with van der Waals surface area (Å²) in [5.74, 6) is 0. The summed E-state index contributed by atoms with van der Waals surface area (Å²) in [7, 11) is 0. The highest BCUT2D eigenvalue weighted by molar-refractivity contribution is 5.73. The maximum Gasteiger partial charge on any atom is 0.253 e. The largest absolute Gasteiger partial charge is 0.380 e. The second-order valence-electron chi connectivity index (χ2n) is 4.85. The summed E-state index contributed by atoms with van der Waals surface area (Å²) in [5.41, 5.74) is 1.37. The Bertz CT molecular complexity index is 719. The van der Waals surface area contributed by atoms with E-state index in [2.05, 4.69) is 23.6 Å². The highest BCUT2D eigenvalue weighted by atomic mass is 16.2. The minimum absolute atomic E-state index is 0.362. The summed E-state index contributed by atoms with van der Waals surface area (Å²) in [4.78, 5) is 23.1. The molecular formula is C16H17N3O2. The molecule has 0 aliphatic rings. The van der Waals surface area contributed by atoms with Crippen LogP contribution < -0.4 is 21.5 Å². The zero-order chi connectivity index (χ0) is 15.2. The number of hydrogen-bond donors (Lipinski definition) is 2. The molecule has 2 rings (SSSR count). The van der Waals surface area contributed by atoms with Crippen LogP contribution in [0.1, 0.15) is 30.9 Å². The fourth-order valence-electron chi connectivity index (χ4n) is 2.01. The van der Waals surface area contributed by atoms with E-state index >= 15 is 0 Å². The molecule has 0 saturated carbocycles. The Balaban J connectivity index is 1.99. The van der Waals surface area contributed by atoms with Gasteiger partial charge < -0.3 is 10.6 Å². The van der Waals surface area contributed by atoms with Crippen LogP contribution in [0.3, 0.4) is 0 Å². The van der Waals surface area contributed by atoms with Crippen molar-refractivity contribution in [2.75, 3.05) is 17.2 Å². The molecule has 0 aromatic heterocycles. The Morgan fingerprint density at radius 3 is 2.24 bits per heavy atom. The van der Waals surface area contributed by atoms with Gasteiger partial charge in [-0.2, -0.15) is 5.26 Å². The van der Waals surface area contributed by atoms with Crippen LogP contribution in [0.15, 0.2) is 33.9 Å². The molecule has 0 unspecified atom stereocenters. The number of hydrogen-bond acceptors (Lipinski definition) is 5. The van der Waals surface area contributed by atoms with Crippen LogP contribution in [0.4, 0.5) is 11.4 Å². The van der Waals surface area contributed by atoms with E-state index in [1.54, 1.807) is 12.1 Å². The Morgan fingerprint density at radius 1 is 1.05 bits per heavy atom. The van der Waals surface area contributed by atoms with Crippen molar-refractivity contribution in [1.82, 2.24) is 0 Å². The quantitative estimate of drug-likeness (QED) is 0.600. The normalized spacial score (nSPS) is 10.3. The molecule has 0 aliphatic carbocycles. The molecular weight excluding hydrogens is 266 g/mol. The molecule has 0 radical (unpaired) electrons. The highest BCUT2D eigenvalue weighted by Crippen LogP contribution is 2.16. The van der Waals surface area contributed by atoms with Crippen molar-refractivity contribution < 1.29 is 0 Å². The number of benzene rings is 1. The van der Waals surface area contributed by atoms with E-state index in [9.17, 15) is 9.59 Å². The average Bonchev–Trinajstić information content (AvgIpc) is 2.53. The molecule has 0 fully saturated rings. The maximum atomic E-state index is 11.6. The molecule has 0 aliphatic heterocycles. The fourth-order valence-corrected chi connectivity index (χ4v) is 2.01. The van der Waals surface area contributed by atoms with Crippen LogP contribution in [0.5, 0.6) is 0 Å². The fraction of sp³-hybridized carbons (Fsp3) is 0.312. The molecule has 0 spiro atoms. The van der Waals surface area contributed by atoms with Gasteiger partial charge in [0, 0.05) is 13.1 Å². The number of anilines is 2. The third-order valence-corrected chi connectivity index (χ3v) is 3.29. The lowest BCUT2D eigenvalue weighted by atomic mass is 10.1. The molecule has 0 amide bonds. The molecule has 5 nitrogen and oxygen atoms in total. The van der Waals surface area contributed by atoms with Crippen molar-refractivity contribution in [2.24, 2.45) is 0 Å². The van der Waals surface area contributed by atoms with Crippen LogP contribution in [0, 0.1) is 11.3 Å². The summed E-state index contributed by atoms with van der Waals surface area (Å²) < 4.78 is 0. The van der Waals surface area contributed by atoms with Gasteiger partial charge in [0.15, 0.2) is 0 Å². The van der Waals surface area contributed by atoms with Gasteiger partial charge >= 0.3 is 0 Å². The average molecular weight is 283 g/mol. The Hall–Kier alpha value is -2.61. The van der Waals surface area contributed by atoms with Crippen LogP contribution in [0.25, 0.3) is 0 Å². The molecule has 2 aromatic rings. The molecule has 108 valence electrons. The van der Waals surface area contributed by atoms with Gasteiger partial charge in [-0.05, 0) is 24.1 Å². The first-order valence-corrected chi connectivity index (χ1v) is 6.97. The van der Waals surface area contributed by atoms with E-state index in [1.165, 1.54) is 0 Å². The van der Waals surface area contributed by atoms with Crippen LogP contribution in [0.2, 0.25) is 0 Å². The van der Waals surface area contributed by atoms with Crippen molar-refractivity contribution in [3.05, 3.63) is 55.8 Å². The van der Waals surface area contributed by atoms with E-state index in [4.69, 9.17) is 5.26 Å². The molecule has 0 saturated heterocycles. The second-order valence-corrected chi connectivity index (χ2v) is 4.85. The number of nitriles is 1. The van der Waals surface area contributed by atoms with Crippen molar-refractivity contribution in [3.8, 4) is 6.07 Å². The third kappa shape index (κ3) is 3.29. The lowest BCUT2D eigenvalue weighted by Crippen LogP contribution is -2.37. The first-order chi connectivity index (χ1) is 10.2. The predicted octanol–water partition coefficient (Wildman–Crippen LogP) is 1.98. The van der Waals surface area contributed by atoms with Crippen LogP contribution in [-0.2, 0) is 6.54 Å². The van der Waals surface area contributed by atoms with E-state index in [0.717, 1.165) is 18.4 Å². The molecule has 21 heavy (non-hydrogen) atoms. The number of nitrogens with one attached hydrogen (secondary N) is 2. The zero-order valence-corrected chi connectivity index (χ0v) is 11.9. The lowest BCUT2D eigenvalue weighted by Gasteiger charge is -2.14. The van der Waals surface area contributed by atoms with Gasteiger partial charge in [-0.25, -0.2) is 0 Å². The zero-order valence-electron chi connectivity index (χ0n) is 11.9. The summed E-state index contributed by atoms with van der Waals surface area (Å²) >= 11 is 0. The predicted molar refractivity (Wildman–Crippen MR) is 83.2 cm³/mol.